The summed E-state index contributed by atoms with van der Waals surface area (Å²) in [5, 5.41) is 5.69. The maximum atomic E-state index is 9.70. The molecule has 0 bridgehead atoms. The molecule has 0 unspecified atom stereocenters. The van der Waals surface area contributed by atoms with E-state index in [9.17, 15) is 4.79 Å². The van der Waals surface area contributed by atoms with E-state index in [1.807, 2.05) is 0 Å². The number of carbonyl (C=O) groups excluding carboxylic acids is 1. The van der Waals surface area contributed by atoms with Gasteiger partial charge in [-0.05, 0) is 13.0 Å². The molecule has 0 aromatic carbocycles. The lowest BCUT2D eigenvalue weighted by molar-refractivity contribution is 0.525. The van der Waals surface area contributed by atoms with Gasteiger partial charge in [-0.3, -0.25) is 4.79 Å². The first kappa shape index (κ1) is 5.56. The molecular formula is C5H9N2O. The highest BCUT2D eigenvalue weighted by Crippen LogP contribution is 1.93. The summed E-state index contributed by atoms with van der Waals surface area (Å²) in [4.78, 5) is 9.70. The number of rotatable bonds is 2. The van der Waals surface area contributed by atoms with Gasteiger partial charge in [0.15, 0.2) is 0 Å². The molecule has 0 spiro atoms. The summed E-state index contributed by atoms with van der Waals surface area (Å²) in [5.74, 6) is 0. The Balaban J connectivity index is 2.14. The Labute approximate surface area is 48.5 Å². The van der Waals surface area contributed by atoms with Crippen molar-refractivity contribution in [3.8, 4) is 0 Å². The van der Waals surface area contributed by atoms with Crippen molar-refractivity contribution in [2.24, 2.45) is 0 Å². The summed E-state index contributed by atoms with van der Waals surface area (Å²) in [6.07, 6.45) is 2.71. The first-order valence-electron chi connectivity index (χ1n) is 2.77. The van der Waals surface area contributed by atoms with Gasteiger partial charge in [0.2, 0.25) is 0 Å². The third-order valence-corrected chi connectivity index (χ3v) is 1.32. The molecule has 1 radical (unpaired) electrons. The molecule has 1 rings (SSSR count). The summed E-state index contributed by atoms with van der Waals surface area (Å²) in [7, 11) is 0. The van der Waals surface area contributed by atoms with Gasteiger partial charge >= 0.3 is 6.41 Å². The Kier molecular flexibility index (Phi) is 1.86. The van der Waals surface area contributed by atoms with Gasteiger partial charge in [0.1, 0.15) is 0 Å². The molecule has 0 aromatic heterocycles. The fourth-order valence-electron chi connectivity index (χ4n) is 0.861. The molecule has 2 N–H and O–H groups in total. The minimum absolute atomic E-state index is 0.326. The second kappa shape index (κ2) is 2.67. The number of hydrogen-bond acceptors (Lipinski definition) is 2. The van der Waals surface area contributed by atoms with Gasteiger partial charge in [-0.25, -0.2) is 0 Å². The van der Waals surface area contributed by atoms with Crippen LogP contribution in [0.1, 0.15) is 6.42 Å². The van der Waals surface area contributed by atoms with E-state index in [1.165, 1.54) is 0 Å². The maximum absolute atomic E-state index is 9.70. The van der Waals surface area contributed by atoms with E-state index in [4.69, 9.17) is 0 Å². The van der Waals surface area contributed by atoms with Crippen molar-refractivity contribution in [1.29, 1.82) is 0 Å². The molecule has 0 aliphatic carbocycles. The van der Waals surface area contributed by atoms with Crippen molar-refractivity contribution in [2.45, 2.75) is 12.5 Å². The number of nitrogens with one attached hydrogen (secondary N) is 2. The van der Waals surface area contributed by atoms with Crippen LogP contribution in [0.2, 0.25) is 0 Å². The van der Waals surface area contributed by atoms with Crippen molar-refractivity contribution < 1.29 is 4.79 Å². The van der Waals surface area contributed by atoms with E-state index < -0.39 is 0 Å². The highest BCUT2D eigenvalue weighted by molar-refractivity contribution is 5.47. The number of hydrogen-bond donors (Lipinski definition) is 2. The van der Waals surface area contributed by atoms with Crippen LogP contribution in [0.5, 0.6) is 0 Å². The highest BCUT2D eigenvalue weighted by atomic mass is 16.1. The van der Waals surface area contributed by atoms with Gasteiger partial charge < -0.3 is 10.6 Å². The minimum Gasteiger partial charge on any atom is -0.344 e. The molecule has 3 heteroatoms. The molecule has 0 saturated carbocycles. The van der Waals surface area contributed by atoms with Crippen LogP contribution in [0, 0.1) is 0 Å². The summed E-state index contributed by atoms with van der Waals surface area (Å²) in [6.45, 7) is 1.91. The second-order valence-electron chi connectivity index (χ2n) is 1.94. The Morgan fingerprint density at radius 3 is 3.12 bits per heavy atom. The Hall–Kier alpha value is -0.570. The van der Waals surface area contributed by atoms with Crippen LogP contribution < -0.4 is 10.6 Å². The molecule has 1 amide bonds. The first-order valence-corrected chi connectivity index (χ1v) is 2.77. The van der Waals surface area contributed by atoms with E-state index in [1.54, 1.807) is 6.41 Å². The van der Waals surface area contributed by atoms with Gasteiger partial charge in [-0.1, -0.05) is 0 Å². The lowest BCUT2D eigenvalue weighted by Crippen LogP contribution is -2.29. The van der Waals surface area contributed by atoms with Crippen LogP contribution in [-0.4, -0.2) is 25.5 Å². The van der Waals surface area contributed by atoms with E-state index in [2.05, 4.69) is 10.6 Å². The van der Waals surface area contributed by atoms with E-state index >= 15 is 0 Å². The van der Waals surface area contributed by atoms with Crippen LogP contribution in [0.3, 0.4) is 0 Å². The van der Waals surface area contributed by atoms with Crippen molar-refractivity contribution in [3.05, 3.63) is 0 Å². The minimum atomic E-state index is 0.326. The zero-order valence-corrected chi connectivity index (χ0v) is 4.61. The van der Waals surface area contributed by atoms with Gasteiger partial charge in [-0.15, -0.1) is 0 Å². The summed E-state index contributed by atoms with van der Waals surface area (Å²) in [6, 6.07) is 0.326. The normalized spacial score (nSPS) is 27.8. The first-order chi connectivity index (χ1) is 3.93. The SMILES string of the molecule is O=[C]N[C@H]1CCNC1. The van der Waals surface area contributed by atoms with Gasteiger partial charge in [0.25, 0.3) is 0 Å². The third-order valence-electron chi connectivity index (χ3n) is 1.32. The van der Waals surface area contributed by atoms with Crippen molar-refractivity contribution in [3.63, 3.8) is 0 Å². The molecule has 1 saturated heterocycles. The zero-order chi connectivity index (χ0) is 5.82. The summed E-state index contributed by atoms with van der Waals surface area (Å²) < 4.78 is 0. The predicted octanol–water partition coefficient (Wildman–Crippen LogP) is -0.995. The van der Waals surface area contributed by atoms with Crippen LogP contribution in [0.25, 0.3) is 0 Å². The molecule has 3 nitrogen and oxygen atoms in total. The van der Waals surface area contributed by atoms with E-state index in [-0.39, 0.29) is 0 Å². The van der Waals surface area contributed by atoms with Gasteiger partial charge in [-0.2, -0.15) is 0 Å². The molecule has 1 aliphatic rings. The van der Waals surface area contributed by atoms with Crippen LogP contribution in [0.4, 0.5) is 0 Å². The van der Waals surface area contributed by atoms with Crippen molar-refractivity contribution in [1.82, 2.24) is 10.6 Å². The van der Waals surface area contributed by atoms with Crippen LogP contribution in [0.15, 0.2) is 0 Å². The fraction of sp³-hybridized carbons (Fsp3) is 0.800. The second-order valence-corrected chi connectivity index (χ2v) is 1.94. The lowest BCUT2D eigenvalue weighted by Gasteiger charge is -2.01. The standard InChI is InChI=1S/C5H9N2O/c8-4-7-5-1-2-6-3-5/h5-6H,1-3H2,(H,7,8)/t5-/m0/s1. The average molecular weight is 113 g/mol. The summed E-state index contributed by atoms with van der Waals surface area (Å²) >= 11 is 0. The fourth-order valence-corrected chi connectivity index (χ4v) is 0.861. The van der Waals surface area contributed by atoms with Crippen molar-refractivity contribution >= 4 is 6.41 Å². The molecule has 1 heterocycles. The Bertz CT molecular complexity index is 78.5. The van der Waals surface area contributed by atoms with E-state index in [0.29, 0.717) is 6.04 Å². The molecule has 1 fully saturated rings. The molecule has 0 aromatic rings. The monoisotopic (exact) mass is 113 g/mol. The number of amides is 1. The molecule has 45 valence electrons. The summed E-state index contributed by atoms with van der Waals surface area (Å²) in [5.41, 5.74) is 0. The smallest absolute Gasteiger partial charge is 0.309 e. The topological polar surface area (TPSA) is 41.1 Å². The molecule has 1 aliphatic heterocycles. The quantitative estimate of drug-likeness (QED) is 0.451. The predicted molar refractivity (Wildman–Crippen MR) is 30.1 cm³/mol. The van der Waals surface area contributed by atoms with E-state index in [0.717, 1.165) is 19.5 Å². The zero-order valence-electron chi connectivity index (χ0n) is 4.61. The largest absolute Gasteiger partial charge is 0.344 e. The Morgan fingerprint density at radius 1 is 1.75 bits per heavy atom. The molecule has 8 heavy (non-hydrogen) atoms. The molecule has 1 atom stereocenters. The molecular weight excluding hydrogens is 104 g/mol. The van der Waals surface area contributed by atoms with Crippen molar-refractivity contribution in [2.75, 3.05) is 13.1 Å². The Morgan fingerprint density at radius 2 is 2.62 bits per heavy atom. The van der Waals surface area contributed by atoms with Gasteiger partial charge in [0.05, 0.1) is 0 Å². The highest BCUT2D eigenvalue weighted by Gasteiger charge is 2.11. The average Bonchev–Trinajstić information content (AvgIpc) is 2.19. The van der Waals surface area contributed by atoms with Crippen LogP contribution >= 0.6 is 0 Å². The van der Waals surface area contributed by atoms with Gasteiger partial charge in [0, 0.05) is 12.6 Å². The third kappa shape index (κ3) is 1.20. The van der Waals surface area contributed by atoms with Crippen LogP contribution in [-0.2, 0) is 4.79 Å². The maximum Gasteiger partial charge on any atom is 0.309 e. The lowest BCUT2D eigenvalue weighted by atomic mass is 10.3.